The highest BCUT2D eigenvalue weighted by atomic mass is 32.1. The number of halogens is 1. The molecular formula is C13H13FN2O2S. The molecule has 1 aromatic heterocycles. The first-order valence-corrected chi connectivity index (χ1v) is 6.50. The number of thiazole rings is 1. The van der Waals surface area contributed by atoms with Crippen LogP contribution in [0.2, 0.25) is 0 Å². The second-order valence-electron chi connectivity index (χ2n) is 3.96. The molecule has 2 aromatic rings. The van der Waals surface area contributed by atoms with Crippen molar-refractivity contribution in [3.05, 3.63) is 40.8 Å². The molecule has 0 atom stereocenters. The average Bonchev–Trinajstić information content (AvgIpc) is 2.75. The van der Waals surface area contributed by atoms with Crippen LogP contribution in [0.4, 0.5) is 9.39 Å². The molecule has 0 spiro atoms. The summed E-state index contributed by atoms with van der Waals surface area (Å²) in [5.41, 5.74) is 3.04. The molecule has 1 N–H and O–H groups in total. The van der Waals surface area contributed by atoms with Crippen molar-refractivity contribution < 1.29 is 13.9 Å². The van der Waals surface area contributed by atoms with Gasteiger partial charge in [-0.3, -0.25) is 4.79 Å². The Balaban J connectivity index is 2.03. The first-order valence-electron chi connectivity index (χ1n) is 5.62. The largest absolute Gasteiger partial charge is 0.494 e. The maximum Gasteiger partial charge on any atom is 0.229 e. The van der Waals surface area contributed by atoms with Crippen molar-refractivity contribution in [3.8, 4) is 5.75 Å². The van der Waals surface area contributed by atoms with Crippen molar-refractivity contribution in [3.63, 3.8) is 0 Å². The Morgan fingerprint density at radius 3 is 2.89 bits per heavy atom. The van der Waals surface area contributed by atoms with Gasteiger partial charge in [0.05, 0.1) is 24.7 Å². The number of amides is 1. The van der Waals surface area contributed by atoms with E-state index in [1.54, 1.807) is 11.6 Å². The maximum absolute atomic E-state index is 13.5. The smallest absolute Gasteiger partial charge is 0.229 e. The molecule has 0 unspecified atom stereocenters. The Morgan fingerprint density at radius 2 is 2.32 bits per heavy atom. The van der Waals surface area contributed by atoms with Crippen molar-refractivity contribution in [1.82, 2.24) is 4.98 Å². The summed E-state index contributed by atoms with van der Waals surface area (Å²) in [6.07, 6.45) is 0.109. The van der Waals surface area contributed by atoms with Crippen molar-refractivity contribution in [1.29, 1.82) is 0 Å². The predicted molar refractivity (Wildman–Crippen MR) is 72.1 cm³/mol. The molecule has 0 saturated carbocycles. The summed E-state index contributed by atoms with van der Waals surface area (Å²) in [6.45, 7) is 1.82. The molecule has 2 rings (SSSR count). The van der Waals surface area contributed by atoms with Crippen LogP contribution in [0.25, 0.3) is 0 Å². The van der Waals surface area contributed by atoms with E-state index in [2.05, 4.69) is 10.3 Å². The highest BCUT2D eigenvalue weighted by molar-refractivity contribution is 7.14. The van der Waals surface area contributed by atoms with Crippen LogP contribution < -0.4 is 10.1 Å². The van der Waals surface area contributed by atoms with Gasteiger partial charge in [0.2, 0.25) is 5.91 Å². The van der Waals surface area contributed by atoms with Gasteiger partial charge in [-0.1, -0.05) is 6.07 Å². The van der Waals surface area contributed by atoms with Gasteiger partial charge in [-0.2, -0.15) is 0 Å². The zero-order valence-electron chi connectivity index (χ0n) is 10.6. The van der Waals surface area contributed by atoms with Gasteiger partial charge in [-0.15, -0.1) is 11.3 Å². The number of carbonyl (C=O) groups is 1. The molecular weight excluding hydrogens is 267 g/mol. The van der Waals surface area contributed by atoms with Crippen LogP contribution in [0.5, 0.6) is 5.75 Å². The molecule has 0 saturated heterocycles. The lowest BCUT2D eigenvalue weighted by molar-refractivity contribution is -0.115. The van der Waals surface area contributed by atoms with Gasteiger partial charge in [0.15, 0.2) is 11.6 Å². The molecule has 6 heteroatoms. The van der Waals surface area contributed by atoms with Gasteiger partial charge in [-0.25, -0.2) is 9.37 Å². The first kappa shape index (κ1) is 13.5. The predicted octanol–water partition coefficient (Wildman–Crippen LogP) is 2.78. The quantitative estimate of drug-likeness (QED) is 0.937. The van der Waals surface area contributed by atoms with Crippen LogP contribution in [-0.4, -0.2) is 18.0 Å². The Bertz CT molecular complexity index is 598. The van der Waals surface area contributed by atoms with E-state index in [9.17, 15) is 9.18 Å². The number of aryl methyl sites for hydroxylation is 1. The SMILES string of the molecule is COc1ccc(CC(=O)Nc2scnc2C)cc1F. The lowest BCUT2D eigenvalue weighted by atomic mass is 10.1. The molecule has 0 aliphatic rings. The molecule has 1 heterocycles. The molecule has 100 valence electrons. The fourth-order valence-electron chi connectivity index (χ4n) is 1.60. The van der Waals surface area contributed by atoms with Gasteiger partial charge >= 0.3 is 0 Å². The second-order valence-corrected chi connectivity index (χ2v) is 4.82. The fourth-order valence-corrected chi connectivity index (χ4v) is 2.31. The van der Waals surface area contributed by atoms with Crippen LogP contribution in [0, 0.1) is 12.7 Å². The van der Waals surface area contributed by atoms with E-state index in [1.165, 1.54) is 30.6 Å². The topological polar surface area (TPSA) is 51.2 Å². The van der Waals surface area contributed by atoms with E-state index in [0.29, 0.717) is 5.56 Å². The molecule has 1 aromatic carbocycles. The fraction of sp³-hybridized carbons (Fsp3) is 0.231. The molecule has 1 amide bonds. The highest BCUT2D eigenvalue weighted by Crippen LogP contribution is 2.20. The summed E-state index contributed by atoms with van der Waals surface area (Å²) in [5.74, 6) is -0.499. The maximum atomic E-state index is 13.5. The molecule has 0 fully saturated rings. The number of nitrogens with zero attached hydrogens (tertiary/aromatic N) is 1. The van der Waals surface area contributed by atoms with Crippen molar-refractivity contribution in [2.45, 2.75) is 13.3 Å². The summed E-state index contributed by atoms with van der Waals surface area (Å²) < 4.78 is 18.3. The monoisotopic (exact) mass is 280 g/mol. The van der Waals surface area contributed by atoms with Crippen LogP contribution in [0.3, 0.4) is 0 Å². The van der Waals surface area contributed by atoms with Crippen molar-refractivity contribution in [2.24, 2.45) is 0 Å². The van der Waals surface area contributed by atoms with Crippen molar-refractivity contribution in [2.75, 3.05) is 12.4 Å². The minimum absolute atomic E-state index is 0.109. The van der Waals surface area contributed by atoms with E-state index < -0.39 is 5.82 Å². The molecule has 0 aliphatic heterocycles. The Morgan fingerprint density at radius 1 is 1.53 bits per heavy atom. The number of anilines is 1. The number of benzene rings is 1. The highest BCUT2D eigenvalue weighted by Gasteiger charge is 2.10. The summed E-state index contributed by atoms with van der Waals surface area (Å²) in [5, 5.41) is 3.47. The summed E-state index contributed by atoms with van der Waals surface area (Å²) in [4.78, 5) is 15.9. The zero-order valence-corrected chi connectivity index (χ0v) is 11.4. The van der Waals surface area contributed by atoms with E-state index in [1.807, 2.05) is 6.92 Å². The Kier molecular flexibility index (Phi) is 4.11. The Hall–Kier alpha value is -1.95. The standard InChI is InChI=1S/C13H13FN2O2S/c1-8-13(19-7-15-8)16-12(17)6-9-3-4-11(18-2)10(14)5-9/h3-5,7H,6H2,1-2H3,(H,16,17). The minimum Gasteiger partial charge on any atom is -0.494 e. The number of carbonyl (C=O) groups excluding carboxylic acids is 1. The number of rotatable bonds is 4. The first-order chi connectivity index (χ1) is 9.10. The van der Waals surface area contributed by atoms with Gasteiger partial charge in [0.25, 0.3) is 0 Å². The number of hydrogen-bond acceptors (Lipinski definition) is 4. The van der Waals surface area contributed by atoms with E-state index in [0.717, 1.165) is 10.7 Å². The van der Waals surface area contributed by atoms with Crippen LogP contribution in [0.1, 0.15) is 11.3 Å². The normalized spacial score (nSPS) is 10.3. The minimum atomic E-state index is -0.471. The van der Waals surface area contributed by atoms with E-state index in [4.69, 9.17) is 4.74 Å². The van der Waals surface area contributed by atoms with Crippen LogP contribution in [-0.2, 0) is 11.2 Å². The summed E-state index contributed by atoms with van der Waals surface area (Å²) in [7, 11) is 1.40. The summed E-state index contributed by atoms with van der Waals surface area (Å²) >= 11 is 1.36. The van der Waals surface area contributed by atoms with Crippen LogP contribution >= 0.6 is 11.3 Å². The number of hydrogen-bond donors (Lipinski definition) is 1. The zero-order chi connectivity index (χ0) is 13.8. The van der Waals surface area contributed by atoms with Crippen LogP contribution in [0.15, 0.2) is 23.7 Å². The van der Waals surface area contributed by atoms with E-state index in [-0.39, 0.29) is 18.1 Å². The van der Waals surface area contributed by atoms with Crippen molar-refractivity contribution >= 4 is 22.2 Å². The molecule has 19 heavy (non-hydrogen) atoms. The molecule has 0 bridgehead atoms. The molecule has 0 radical (unpaired) electrons. The van der Waals surface area contributed by atoms with Gasteiger partial charge in [0, 0.05) is 0 Å². The third kappa shape index (κ3) is 3.29. The third-order valence-corrected chi connectivity index (χ3v) is 3.42. The van der Waals surface area contributed by atoms with Gasteiger partial charge in [0.1, 0.15) is 5.00 Å². The van der Waals surface area contributed by atoms with E-state index >= 15 is 0 Å². The second kappa shape index (κ2) is 5.79. The number of ether oxygens (including phenoxy) is 1. The lowest BCUT2D eigenvalue weighted by Gasteiger charge is -2.06. The van der Waals surface area contributed by atoms with Gasteiger partial charge in [-0.05, 0) is 24.6 Å². The van der Waals surface area contributed by atoms with Gasteiger partial charge < -0.3 is 10.1 Å². The summed E-state index contributed by atoms with van der Waals surface area (Å²) in [6, 6.07) is 4.48. The molecule has 4 nitrogen and oxygen atoms in total. The third-order valence-electron chi connectivity index (χ3n) is 2.58. The number of methoxy groups -OCH3 is 1. The Labute approximate surface area is 114 Å². The number of nitrogens with one attached hydrogen (secondary N) is 1. The average molecular weight is 280 g/mol. The molecule has 0 aliphatic carbocycles. The lowest BCUT2D eigenvalue weighted by Crippen LogP contribution is -2.14. The number of aromatic nitrogens is 1.